The summed E-state index contributed by atoms with van der Waals surface area (Å²) in [6.45, 7) is 3.78. The van der Waals surface area contributed by atoms with Gasteiger partial charge in [0, 0.05) is 4.88 Å². The van der Waals surface area contributed by atoms with Gasteiger partial charge in [0.25, 0.3) is 0 Å². The summed E-state index contributed by atoms with van der Waals surface area (Å²) in [5, 5.41) is 5.87. The number of rotatable bonds is 3. The van der Waals surface area contributed by atoms with Crippen molar-refractivity contribution in [2.24, 2.45) is 5.10 Å². The highest BCUT2D eigenvalue weighted by atomic mass is 32.1. The van der Waals surface area contributed by atoms with Crippen molar-refractivity contribution in [3.8, 4) is 0 Å². The van der Waals surface area contributed by atoms with Crippen LogP contribution in [0.15, 0.2) is 33.1 Å². The van der Waals surface area contributed by atoms with Crippen LogP contribution in [0, 0.1) is 13.8 Å². The topological polar surface area (TPSA) is 54.6 Å². The zero-order valence-electron chi connectivity index (χ0n) is 9.56. The molecule has 0 bridgehead atoms. The molecule has 0 saturated heterocycles. The summed E-state index contributed by atoms with van der Waals surface area (Å²) in [6, 6.07) is 5.36. The largest absolute Gasteiger partial charge is 0.456 e. The van der Waals surface area contributed by atoms with Crippen LogP contribution in [0.25, 0.3) is 0 Å². The zero-order chi connectivity index (χ0) is 12.3. The Bertz CT molecular complexity index is 554. The number of hydrogen-bond donors (Lipinski definition) is 1. The minimum atomic E-state index is -0.344. The molecule has 0 aromatic carbocycles. The van der Waals surface area contributed by atoms with E-state index in [1.54, 1.807) is 36.6 Å². The fourth-order valence-electron chi connectivity index (χ4n) is 1.28. The Morgan fingerprint density at radius 2 is 2.24 bits per heavy atom. The minimum Gasteiger partial charge on any atom is -0.456 e. The van der Waals surface area contributed by atoms with E-state index in [4.69, 9.17) is 4.42 Å². The van der Waals surface area contributed by atoms with E-state index >= 15 is 0 Å². The van der Waals surface area contributed by atoms with Crippen LogP contribution in [0.5, 0.6) is 0 Å². The first-order chi connectivity index (χ1) is 8.16. The first-order valence-electron chi connectivity index (χ1n) is 5.11. The van der Waals surface area contributed by atoms with Gasteiger partial charge in [0.15, 0.2) is 5.76 Å². The molecule has 0 aliphatic heterocycles. The van der Waals surface area contributed by atoms with Gasteiger partial charge in [0.1, 0.15) is 5.76 Å². The molecule has 17 heavy (non-hydrogen) atoms. The zero-order valence-corrected chi connectivity index (χ0v) is 10.4. The molecule has 0 saturated carbocycles. The molecule has 0 fully saturated rings. The van der Waals surface area contributed by atoms with Crippen molar-refractivity contribution in [2.45, 2.75) is 13.8 Å². The predicted octanol–water partition coefficient (Wildman–Crippen LogP) is 2.72. The normalized spacial score (nSPS) is 10.9. The monoisotopic (exact) mass is 248 g/mol. The Kier molecular flexibility index (Phi) is 3.39. The van der Waals surface area contributed by atoms with Crippen LogP contribution in [0.4, 0.5) is 0 Å². The Morgan fingerprint density at radius 1 is 1.41 bits per heavy atom. The second-order valence-electron chi connectivity index (χ2n) is 3.58. The number of aryl methyl sites for hydroxylation is 2. The molecule has 88 valence electrons. The highest BCUT2D eigenvalue weighted by Gasteiger charge is 2.08. The van der Waals surface area contributed by atoms with Crippen LogP contribution in [0.3, 0.4) is 0 Å². The number of thiophene rings is 1. The highest BCUT2D eigenvalue weighted by Crippen LogP contribution is 2.12. The minimum absolute atomic E-state index is 0.266. The third-order valence-corrected chi connectivity index (χ3v) is 3.17. The van der Waals surface area contributed by atoms with Gasteiger partial charge in [-0.3, -0.25) is 4.79 Å². The maximum Gasteiger partial charge on any atom is 0.307 e. The molecule has 2 aromatic rings. The van der Waals surface area contributed by atoms with Gasteiger partial charge in [-0.1, -0.05) is 0 Å². The number of carbonyl (C=O) groups excluding carboxylic acids is 1. The molecule has 5 heteroatoms. The summed E-state index contributed by atoms with van der Waals surface area (Å²) in [7, 11) is 0. The second-order valence-corrected chi connectivity index (χ2v) is 4.52. The molecule has 0 radical (unpaired) electrons. The lowest BCUT2D eigenvalue weighted by molar-refractivity contribution is 0.0926. The lowest BCUT2D eigenvalue weighted by atomic mass is 10.3. The van der Waals surface area contributed by atoms with Gasteiger partial charge in [0.05, 0.1) is 6.21 Å². The average Bonchev–Trinajstić information content (AvgIpc) is 2.88. The molecule has 0 aliphatic carbocycles. The fourth-order valence-corrected chi connectivity index (χ4v) is 2.06. The van der Waals surface area contributed by atoms with Crippen LogP contribution in [0.1, 0.15) is 26.8 Å². The van der Waals surface area contributed by atoms with E-state index in [1.807, 2.05) is 18.4 Å². The summed E-state index contributed by atoms with van der Waals surface area (Å²) in [5.74, 6) is 0.624. The summed E-state index contributed by atoms with van der Waals surface area (Å²) in [5.41, 5.74) is 3.56. The van der Waals surface area contributed by atoms with Gasteiger partial charge in [-0.25, -0.2) is 5.43 Å². The van der Waals surface area contributed by atoms with Gasteiger partial charge < -0.3 is 4.42 Å². The average molecular weight is 248 g/mol. The van der Waals surface area contributed by atoms with Gasteiger partial charge in [-0.05, 0) is 43.0 Å². The first-order valence-corrected chi connectivity index (χ1v) is 5.99. The van der Waals surface area contributed by atoms with E-state index in [0.717, 1.165) is 10.4 Å². The van der Waals surface area contributed by atoms with E-state index in [1.165, 1.54) is 0 Å². The number of hydrogen-bond acceptors (Lipinski definition) is 4. The highest BCUT2D eigenvalue weighted by molar-refractivity contribution is 7.11. The van der Waals surface area contributed by atoms with Crippen molar-refractivity contribution in [3.05, 3.63) is 45.5 Å². The lowest BCUT2D eigenvalue weighted by Gasteiger charge is -1.95. The number of furan rings is 1. The van der Waals surface area contributed by atoms with Crippen LogP contribution in [0.2, 0.25) is 0 Å². The number of carbonyl (C=O) groups is 1. The van der Waals surface area contributed by atoms with Crippen molar-refractivity contribution in [1.29, 1.82) is 0 Å². The van der Waals surface area contributed by atoms with Crippen LogP contribution >= 0.6 is 11.3 Å². The van der Waals surface area contributed by atoms with Gasteiger partial charge in [-0.15, -0.1) is 11.3 Å². The molecule has 4 nitrogen and oxygen atoms in total. The molecule has 1 amide bonds. The van der Waals surface area contributed by atoms with Crippen molar-refractivity contribution >= 4 is 23.5 Å². The van der Waals surface area contributed by atoms with Crippen molar-refractivity contribution in [1.82, 2.24) is 5.43 Å². The van der Waals surface area contributed by atoms with E-state index in [-0.39, 0.29) is 11.7 Å². The maximum atomic E-state index is 11.6. The Labute approximate surface area is 103 Å². The molecular weight excluding hydrogens is 236 g/mol. The molecule has 2 heterocycles. The Morgan fingerprint density at radius 3 is 2.82 bits per heavy atom. The molecule has 1 N–H and O–H groups in total. The molecule has 2 aromatic heterocycles. The predicted molar refractivity (Wildman–Crippen MR) is 67.6 cm³/mol. The van der Waals surface area contributed by atoms with Crippen molar-refractivity contribution in [2.75, 3.05) is 0 Å². The van der Waals surface area contributed by atoms with E-state index in [0.29, 0.717) is 5.76 Å². The molecule has 0 unspecified atom stereocenters. The summed E-state index contributed by atoms with van der Waals surface area (Å²) in [6.07, 6.45) is 1.63. The quantitative estimate of drug-likeness (QED) is 0.670. The Hall–Kier alpha value is -1.88. The molecule has 0 spiro atoms. The van der Waals surface area contributed by atoms with Gasteiger partial charge in [0.2, 0.25) is 0 Å². The molecule has 0 aliphatic rings. The fraction of sp³-hybridized carbons (Fsp3) is 0.167. The third kappa shape index (κ3) is 2.82. The molecule has 0 atom stereocenters. The number of amides is 1. The van der Waals surface area contributed by atoms with E-state index in [9.17, 15) is 4.79 Å². The van der Waals surface area contributed by atoms with Gasteiger partial charge >= 0.3 is 5.91 Å². The van der Waals surface area contributed by atoms with E-state index < -0.39 is 0 Å². The maximum absolute atomic E-state index is 11.6. The Balaban J connectivity index is 1.97. The second kappa shape index (κ2) is 4.97. The van der Waals surface area contributed by atoms with Gasteiger partial charge in [-0.2, -0.15) is 5.10 Å². The number of nitrogens with one attached hydrogen (secondary N) is 1. The van der Waals surface area contributed by atoms with Crippen LogP contribution < -0.4 is 5.43 Å². The third-order valence-electron chi connectivity index (χ3n) is 2.21. The smallest absolute Gasteiger partial charge is 0.307 e. The van der Waals surface area contributed by atoms with E-state index in [2.05, 4.69) is 10.5 Å². The SMILES string of the molecule is Cc1ccc(C(=O)N/N=C/c2sccc2C)o1. The van der Waals surface area contributed by atoms with Crippen LogP contribution in [-0.4, -0.2) is 12.1 Å². The first kappa shape index (κ1) is 11.6. The van der Waals surface area contributed by atoms with Crippen molar-refractivity contribution < 1.29 is 9.21 Å². The summed E-state index contributed by atoms with van der Waals surface area (Å²) in [4.78, 5) is 12.6. The lowest BCUT2D eigenvalue weighted by Crippen LogP contribution is -2.16. The van der Waals surface area contributed by atoms with Crippen LogP contribution in [-0.2, 0) is 0 Å². The molecule has 2 rings (SSSR count). The number of hydrazone groups is 1. The summed E-state index contributed by atoms with van der Waals surface area (Å²) < 4.78 is 5.17. The summed E-state index contributed by atoms with van der Waals surface area (Å²) >= 11 is 1.58. The van der Waals surface area contributed by atoms with Crippen molar-refractivity contribution in [3.63, 3.8) is 0 Å². The molecular formula is C12H12N2O2S. The number of nitrogens with zero attached hydrogens (tertiary/aromatic N) is 1. The standard InChI is InChI=1S/C12H12N2O2S/c1-8-5-6-17-11(8)7-13-14-12(15)10-4-3-9(2)16-10/h3-7H,1-2H3,(H,14,15)/b13-7+.